The minimum Gasteiger partial charge on any atom is -0.491 e. The highest BCUT2D eigenvalue weighted by Crippen LogP contribution is 2.52. The lowest BCUT2D eigenvalue weighted by Crippen LogP contribution is -2.47. The Morgan fingerprint density at radius 3 is 2.61 bits per heavy atom. The first-order valence-electron chi connectivity index (χ1n) is 16.8. The van der Waals surface area contributed by atoms with Crippen molar-refractivity contribution in [2.24, 2.45) is 23.2 Å². The van der Waals surface area contributed by atoms with Crippen molar-refractivity contribution in [3.63, 3.8) is 0 Å². The predicted molar refractivity (Wildman–Crippen MR) is 181 cm³/mol. The highest BCUT2D eigenvalue weighted by atomic mass is 35.5. The number of amides is 1. The first kappa shape index (κ1) is 31.3. The average molecular weight is 647 g/mol. The second-order valence-corrected chi connectivity index (χ2v) is 14.6. The van der Waals surface area contributed by atoms with Gasteiger partial charge in [0.25, 0.3) is 0 Å². The summed E-state index contributed by atoms with van der Waals surface area (Å²) in [5.74, 6) is 2.55. The number of halogens is 2. The molecule has 2 aromatic carbocycles. The molecule has 244 valence electrons. The first-order valence-corrected chi connectivity index (χ1v) is 17.2. The molecule has 0 bridgehead atoms. The molecule has 2 atom stereocenters. The van der Waals surface area contributed by atoms with Gasteiger partial charge in [-0.1, -0.05) is 30.5 Å². The minimum atomic E-state index is -0.490. The van der Waals surface area contributed by atoms with Crippen LogP contribution in [-0.2, 0) is 4.79 Å². The summed E-state index contributed by atoms with van der Waals surface area (Å²) in [7, 11) is 2.20. The fourth-order valence-electron chi connectivity index (χ4n) is 8.24. The van der Waals surface area contributed by atoms with Crippen LogP contribution in [0.15, 0.2) is 48.8 Å². The maximum absolute atomic E-state index is 13.8. The summed E-state index contributed by atoms with van der Waals surface area (Å²) in [5.41, 5.74) is 2.30. The molecule has 2 saturated heterocycles. The second-order valence-electron chi connectivity index (χ2n) is 14.1. The van der Waals surface area contributed by atoms with Crippen LogP contribution < -0.4 is 15.4 Å². The van der Waals surface area contributed by atoms with Crippen molar-refractivity contribution in [2.45, 2.75) is 51.4 Å². The van der Waals surface area contributed by atoms with E-state index in [4.69, 9.17) is 16.3 Å². The molecular weight excluding hydrogens is 603 g/mol. The number of benzene rings is 2. The van der Waals surface area contributed by atoms with Crippen LogP contribution in [0.25, 0.3) is 10.9 Å². The van der Waals surface area contributed by atoms with E-state index < -0.39 is 5.82 Å². The first-order chi connectivity index (χ1) is 22.3. The standard InChI is InChI=1S/C36H44ClFN6O2/c1-43-13-10-36(11-14-43)18-24(19-36)22-46-33-17-31-28(35(40-23-39-31)41-27-8-9-30(38)29(37)15-27)16-32(33)42-34(45)7-4-12-44-20-25-5-2-3-6-26(25)21-44/h4,7-9,15-17,23-26H,2-3,5-6,10-14,18-22H2,1H3,(H,42,45)(H,39,40,41). The lowest BCUT2D eigenvalue weighted by Gasteiger charge is -2.51. The number of hydrogen-bond acceptors (Lipinski definition) is 7. The average Bonchev–Trinajstić information content (AvgIpc) is 3.45. The quantitative estimate of drug-likeness (QED) is 0.236. The molecular formula is C36H44ClFN6O2. The Kier molecular flexibility index (Phi) is 9.17. The van der Waals surface area contributed by atoms with E-state index in [0.29, 0.717) is 51.8 Å². The van der Waals surface area contributed by atoms with Crippen molar-refractivity contribution in [1.29, 1.82) is 0 Å². The van der Waals surface area contributed by atoms with Crippen molar-refractivity contribution in [3.8, 4) is 5.75 Å². The van der Waals surface area contributed by atoms with Crippen molar-refractivity contribution < 1.29 is 13.9 Å². The summed E-state index contributed by atoms with van der Waals surface area (Å²) < 4.78 is 20.2. The van der Waals surface area contributed by atoms with Gasteiger partial charge in [0, 0.05) is 42.9 Å². The van der Waals surface area contributed by atoms with Crippen LogP contribution in [0, 0.1) is 29.0 Å². The Labute approximate surface area is 275 Å². The lowest BCUT2D eigenvalue weighted by atomic mass is 9.58. The number of rotatable bonds is 9. The van der Waals surface area contributed by atoms with Gasteiger partial charge in [-0.15, -0.1) is 0 Å². The Balaban J connectivity index is 1.07. The lowest BCUT2D eigenvalue weighted by molar-refractivity contribution is -0.111. The number of hydrogen-bond donors (Lipinski definition) is 2. The smallest absolute Gasteiger partial charge is 0.248 e. The maximum atomic E-state index is 13.8. The van der Waals surface area contributed by atoms with Crippen LogP contribution in [0.2, 0.25) is 5.02 Å². The number of piperidine rings is 1. The van der Waals surface area contributed by atoms with E-state index in [1.807, 2.05) is 18.2 Å². The molecule has 46 heavy (non-hydrogen) atoms. The second kappa shape index (κ2) is 13.5. The Bertz CT molecular complexity index is 1590. The zero-order valence-electron chi connectivity index (χ0n) is 26.6. The number of ether oxygens (including phenoxy) is 1. The third-order valence-electron chi connectivity index (χ3n) is 10.8. The topological polar surface area (TPSA) is 82.6 Å². The van der Waals surface area contributed by atoms with Gasteiger partial charge in [-0.05, 0) is 106 Å². The predicted octanol–water partition coefficient (Wildman–Crippen LogP) is 7.28. The van der Waals surface area contributed by atoms with E-state index in [-0.39, 0.29) is 10.9 Å². The zero-order chi connectivity index (χ0) is 31.7. The summed E-state index contributed by atoms with van der Waals surface area (Å²) in [4.78, 5) is 27.1. The molecule has 3 heterocycles. The minimum absolute atomic E-state index is 0.0181. The van der Waals surface area contributed by atoms with Crippen molar-refractivity contribution in [1.82, 2.24) is 19.8 Å². The van der Waals surface area contributed by atoms with E-state index in [2.05, 4.69) is 37.4 Å². The van der Waals surface area contributed by atoms with Gasteiger partial charge in [0.1, 0.15) is 23.7 Å². The summed E-state index contributed by atoms with van der Waals surface area (Å²) in [6.07, 6.45) is 15.3. The normalized spacial score (nSPS) is 23.5. The maximum Gasteiger partial charge on any atom is 0.248 e. The monoisotopic (exact) mass is 646 g/mol. The molecule has 1 spiro atoms. The molecule has 2 saturated carbocycles. The van der Waals surface area contributed by atoms with Crippen molar-refractivity contribution >= 4 is 45.6 Å². The fraction of sp³-hybridized carbons (Fsp3) is 0.528. The van der Waals surface area contributed by atoms with Crippen LogP contribution in [-0.4, -0.2) is 72.1 Å². The van der Waals surface area contributed by atoms with Gasteiger partial charge in [0.15, 0.2) is 0 Å². The molecule has 2 unspecified atom stereocenters. The molecule has 8 nitrogen and oxygen atoms in total. The molecule has 1 amide bonds. The van der Waals surface area contributed by atoms with Gasteiger partial charge >= 0.3 is 0 Å². The number of aromatic nitrogens is 2. The Morgan fingerprint density at radius 1 is 1.11 bits per heavy atom. The molecule has 1 aromatic heterocycles. The van der Waals surface area contributed by atoms with Gasteiger partial charge in [0.2, 0.25) is 5.91 Å². The van der Waals surface area contributed by atoms with E-state index in [9.17, 15) is 9.18 Å². The molecule has 2 aliphatic carbocycles. The number of carbonyl (C=O) groups excluding carboxylic acids is 1. The van der Waals surface area contributed by atoms with Crippen molar-refractivity contribution in [3.05, 3.63) is 59.7 Å². The van der Waals surface area contributed by atoms with Crippen LogP contribution in [0.5, 0.6) is 5.75 Å². The van der Waals surface area contributed by atoms with Crippen LogP contribution in [0.4, 0.5) is 21.6 Å². The SMILES string of the molecule is CN1CCC2(CC1)CC(COc1cc3ncnc(Nc4ccc(F)c(Cl)c4)c3cc1NC(=O)C=CCN1CC3CCCCC3C1)C2. The molecule has 2 aliphatic heterocycles. The summed E-state index contributed by atoms with van der Waals surface area (Å²) in [6, 6.07) is 8.15. The summed E-state index contributed by atoms with van der Waals surface area (Å²) in [5, 5.41) is 7.02. The summed E-state index contributed by atoms with van der Waals surface area (Å²) in [6.45, 7) is 5.98. The molecule has 10 heteroatoms. The van der Waals surface area contributed by atoms with E-state index >= 15 is 0 Å². The van der Waals surface area contributed by atoms with Gasteiger partial charge in [-0.25, -0.2) is 14.4 Å². The van der Waals surface area contributed by atoms with Gasteiger partial charge < -0.3 is 20.3 Å². The fourth-order valence-corrected chi connectivity index (χ4v) is 8.42. The largest absolute Gasteiger partial charge is 0.491 e. The highest BCUT2D eigenvalue weighted by molar-refractivity contribution is 6.31. The number of nitrogens with one attached hydrogen (secondary N) is 2. The van der Waals surface area contributed by atoms with E-state index in [0.717, 1.165) is 31.5 Å². The van der Waals surface area contributed by atoms with Crippen LogP contribution >= 0.6 is 11.6 Å². The van der Waals surface area contributed by atoms with Gasteiger partial charge in [-0.2, -0.15) is 0 Å². The molecule has 0 radical (unpaired) electrons. The number of carbonyl (C=O) groups is 1. The van der Waals surface area contributed by atoms with E-state index in [1.54, 1.807) is 12.1 Å². The highest BCUT2D eigenvalue weighted by Gasteiger charge is 2.45. The molecule has 7 rings (SSSR count). The van der Waals surface area contributed by atoms with Crippen LogP contribution in [0.3, 0.4) is 0 Å². The van der Waals surface area contributed by atoms with Gasteiger partial charge in [-0.3, -0.25) is 9.69 Å². The number of fused-ring (bicyclic) bond motifs is 2. The molecule has 4 fully saturated rings. The summed E-state index contributed by atoms with van der Waals surface area (Å²) >= 11 is 6.02. The number of likely N-dealkylation sites (tertiary alicyclic amines) is 2. The zero-order valence-corrected chi connectivity index (χ0v) is 27.4. The van der Waals surface area contributed by atoms with Crippen molar-refractivity contribution in [2.75, 3.05) is 57.0 Å². The van der Waals surface area contributed by atoms with E-state index in [1.165, 1.54) is 82.9 Å². The Hall–Kier alpha value is -3.27. The number of nitrogens with zero attached hydrogens (tertiary/aromatic N) is 4. The third-order valence-corrected chi connectivity index (χ3v) is 11.1. The van der Waals surface area contributed by atoms with Crippen LogP contribution in [0.1, 0.15) is 51.4 Å². The third kappa shape index (κ3) is 7.02. The number of anilines is 3. The Morgan fingerprint density at radius 2 is 1.87 bits per heavy atom. The molecule has 2 N–H and O–H groups in total. The van der Waals surface area contributed by atoms with Gasteiger partial charge in [0.05, 0.1) is 22.8 Å². The molecule has 3 aromatic rings. The molecule has 4 aliphatic rings.